The van der Waals surface area contributed by atoms with E-state index in [1.165, 1.54) is 30.5 Å². The summed E-state index contributed by atoms with van der Waals surface area (Å²) in [5, 5.41) is 10.2. The number of hydrogen-bond donors (Lipinski definition) is 1. The van der Waals surface area contributed by atoms with Gasteiger partial charge in [0, 0.05) is 5.56 Å². The Balaban J connectivity index is 1.97. The predicted molar refractivity (Wildman–Crippen MR) is 71.0 cm³/mol. The van der Waals surface area contributed by atoms with E-state index in [0.717, 1.165) is 4.80 Å². The summed E-state index contributed by atoms with van der Waals surface area (Å²) in [6.07, 6.45) is 1.31. The average molecular weight is 292 g/mol. The van der Waals surface area contributed by atoms with Crippen LogP contribution in [-0.4, -0.2) is 33.5 Å². The summed E-state index contributed by atoms with van der Waals surface area (Å²) in [5.41, 5.74) is 0.288. The number of anilines is 1. The van der Waals surface area contributed by atoms with E-state index in [1.54, 1.807) is 6.92 Å². The van der Waals surface area contributed by atoms with Crippen LogP contribution in [0.15, 0.2) is 30.5 Å². The lowest BCUT2D eigenvalue weighted by atomic mass is 10.2. The highest BCUT2D eigenvalue weighted by Gasteiger charge is 2.10. The van der Waals surface area contributed by atoms with Crippen molar-refractivity contribution in [1.82, 2.24) is 15.0 Å². The molecule has 0 aliphatic carbocycles. The van der Waals surface area contributed by atoms with Gasteiger partial charge in [-0.15, -0.1) is 5.10 Å². The third-order valence-corrected chi connectivity index (χ3v) is 2.46. The lowest BCUT2D eigenvalue weighted by molar-refractivity contribution is -0.144. The Kier molecular flexibility index (Phi) is 4.60. The summed E-state index contributed by atoms with van der Waals surface area (Å²) < 4.78 is 17.5. The number of rotatable bonds is 5. The number of hydrogen-bond acceptors (Lipinski definition) is 5. The molecule has 2 rings (SSSR count). The number of ether oxygens (including phenoxy) is 1. The highest BCUT2D eigenvalue weighted by molar-refractivity contribution is 6.03. The zero-order valence-electron chi connectivity index (χ0n) is 11.2. The van der Waals surface area contributed by atoms with E-state index < -0.39 is 17.7 Å². The van der Waals surface area contributed by atoms with Crippen molar-refractivity contribution in [3.63, 3.8) is 0 Å². The molecule has 0 atom stereocenters. The molecule has 2 aromatic rings. The molecule has 21 heavy (non-hydrogen) atoms. The first-order chi connectivity index (χ1) is 10.1. The summed E-state index contributed by atoms with van der Waals surface area (Å²) in [5.74, 6) is -1.15. The highest BCUT2D eigenvalue weighted by atomic mass is 19.1. The van der Waals surface area contributed by atoms with Crippen LogP contribution in [0.25, 0.3) is 0 Å². The van der Waals surface area contributed by atoms with Gasteiger partial charge in [0.2, 0.25) is 0 Å². The van der Waals surface area contributed by atoms with Gasteiger partial charge in [0.15, 0.2) is 12.4 Å². The fourth-order valence-electron chi connectivity index (χ4n) is 1.54. The van der Waals surface area contributed by atoms with Crippen molar-refractivity contribution in [3.8, 4) is 0 Å². The van der Waals surface area contributed by atoms with Gasteiger partial charge in [0.25, 0.3) is 5.91 Å². The third-order valence-electron chi connectivity index (χ3n) is 2.46. The van der Waals surface area contributed by atoms with Crippen LogP contribution >= 0.6 is 0 Å². The van der Waals surface area contributed by atoms with Gasteiger partial charge in [-0.2, -0.15) is 9.90 Å². The summed E-state index contributed by atoms with van der Waals surface area (Å²) in [6.45, 7) is 1.83. The topological polar surface area (TPSA) is 86.1 Å². The van der Waals surface area contributed by atoms with Gasteiger partial charge >= 0.3 is 5.97 Å². The van der Waals surface area contributed by atoms with Crippen molar-refractivity contribution < 1.29 is 18.7 Å². The monoisotopic (exact) mass is 292 g/mol. The molecule has 0 unspecified atom stereocenters. The smallest absolute Gasteiger partial charge is 0.329 e. The van der Waals surface area contributed by atoms with Gasteiger partial charge in [-0.1, -0.05) is 0 Å². The first-order valence-electron chi connectivity index (χ1n) is 6.21. The molecule has 8 heteroatoms. The normalized spacial score (nSPS) is 10.2. The number of nitrogens with zero attached hydrogens (tertiary/aromatic N) is 3. The van der Waals surface area contributed by atoms with Crippen LogP contribution in [0.2, 0.25) is 0 Å². The number of amides is 1. The van der Waals surface area contributed by atoms with Gasteiger partial charge < -0.3 is 10.1 Å². The van der Waals surface area contributed by atoms with Crippen LogP contribution < -0.4 is 5.32 Å². The van der Waals surface area contributed by atoms with Gasteiger partial charge in [0.05, 0.1) is 12.8 Å². The van der Waals surface area contributed by atoms with Crippen molar-refractivity contribution in [3.05, 3.63) is 41.8 Å². The Morgan fingerprint density at radius 1 is 1.33 bits per heavy atom. The molecule has 1 amide bonds. The molecule has 0 saturated carbocycles. The molecule has 0 bridgehead atoms. The van der Waals surface area contributed by atoms with E-state index in [0.29, 0.717) is 0 Å². The molecule has 1 aromatic heterocycles. The number of carbonyl (C=O) groups excluding carboxylic acids is 2. The quantitative estimate of drug-likeness (QED) is 0.838. The summed E-state index contributed by atoms with van der Waals surface area (Å²) >= 11 is 0. The summed E-state index contributed by atoms with van der Waals surface area (Å²) in [7, 11) is 0. The maximum absolute atomic E-state index is 12.8. The van der Waals surface area contributed by atoms with E-state index in [9.17, 15) is 14.0 Å². The molecular formula is C13H13FN4O3. The van der Waals surface area contributed by atoms with E-state index >= 15 is 0 Å². The van der Waals surface area contributed by atoms with Crippen molar-refractivity contribution >= 4 is 17.7 Å². The molecule has 7 nitrogen and oxygen atoms in total. The molecule has 0 spiro atoms. The third kappa shape index (κ3) is 4.10. The lowest BCUT2D eigenvalue weighted by Crippen LogP contribution is -2.16. The minimum atomic E-state index is -0.468. The second-order valence-corrected chi connectivity index (χ2v) is 4.03. The molecule has 1 aromatic carbocycles. The zero-order valence-corrected chi connectivity index (χ0v) is 11.2. The largest absolute Gasteiger partial charge is 0.465 e. The second kappa shape index (κ2) is 6.60. The summed E-state index contributed by atoms with van der Waals surface area (Å²) in [4.78, 5) is 24.2. The fraction of sp³-hybridized carbons (Fsp3) is 0.231. The Morgan fingerprint density at radius 3 is 2.71 bits per heavy atom. The lowest BCUT2D eigenvalue weighted by Gasteiger charge is -2.02. The molecule has 110 valence electrons. The maximum Gasteiger partial charge on any atom is 0.329 e. The molecule has 0 aliphatic rings. The van der Waals surface area contributed by atoms with Crippen LogP contribution in [0.4, 0.5) is 10.2 Å². The molecule has 0 fully saturated rings. The Hall–Kier alpha value is -2.77. The van der Waals surface area contributed by atoms with Gasteiger partial charge in [-0.3, -0.25) is 4.79 Å². The van der Waals surface area contributed by atoms with Gasteiger partial charge in [-0.05, 0) is 31.2 Å². The van der Waals surface area contributed by atoms with Gasteiger partial charge in [-0.25, -0.2) is 9.18 Å². The number of benzene rings is 1. The van der Waals surface area contributed by atoms with Crippen LogP contribution in [0.3, 0.4) is 0 Å². The number of carbonyl (C=O) groups is 2. The standard InChI is InChI=1S/C13H13FN4O3/c1-2-21-12(19)8-18-15-7-11(17-18)16-13(20)9-3-5-10(14)6-4-9/h3-7H,2,8H2,1H3,(H,16,17,20). The van der Waals surface area contributed by atoms with Crippen LogP contribution in [0.1, 0.15) is 17.3 Å². The number of aromatic nitrogens is 3. The minimum Gasteiger partial charge on any atom is -0.465 e. The number of halogens is 1. The molecule has 0 radical (unpaired) electrons. The van der Waals surface area contributed by atoms with Crippen LogP contribution in [0.5, 0.6) is 0 Å². The SMILES string of the molecule is CCOC(=O)Cn1ncc(NC(=O)c2ccc(F)cc2)n1. The molecular weight excluding hydrogens is 279 g/mol. The maximum atomic E-state index is 12.8. The van der Waals surface area contributed by atoms with Crippen LogP contribution in [-0.2, 0) is 16.1 Å². The predicted octanol–water partition coefficient (Wildman–Crippen LogP) is 1.23. The van der Waals surface area contributed by atoms with Crippen LogP contribution in [0, 0.1) is 5.82 Å². The second-order valence-electron chi connectivity index (χ2n) is 4.03. The zero-order chi connectivity index (χ0) is 15.2. The highest BCUT2D eigenvalue weighted by Crippen LogP contribution is 2.06. The molecule has 0 aliphatic heterocycles. The fourth-order valence-corrected chi connectivity index (χ4v) is 1.54. The molecule has 0 saturated heterocycles. The van der Waals surface area contributed by atoms with E-state index in [4.69, 9.17) is 4.74 Å². The number of nitrogens with one attached hydrogen (secondary N) is 1. The Labute approximate surface area is 119 Å². The van der Waals surface area contributed by atoms with Crippen molar-refractivity contribution in [2.75, 3.05) is 11.9 Å². The van der Waals surface area contributed by atoms with E-state index in [-0.39, 0.29) is 24.5 Å². The average Bonchev–Trinajstić information content (AvgIpc) is 2.86. The minimum absolute atomic E-state index is 0.139. The van der Waals surface area contributed by atoms with E-state index in [2.05, 4.69) is 15.5 Å². The molecule has 1 heterocycles. The number of esters is 1. The van der Waals surface area contributed by atoms with Crippen molar-refractivity contribution in [2.24, 2.45) is 0 Å². The molecule has 1 N–H and O–H groups in total. The Bertz CT molecular complexity index is 639. The Morgan fingerprint density at radius 2 is 2.05 bits per heavy atom. The van der Waals surface area contributed by atoms with Crippen molar-refractivity contribution in [2.45, 2.75) is 13.5 Å². The van der Waals surface area contributed by atoms with Gasteiger partial charge in [0.1, 0.15) is 5.82 Å². The van der Waals surface area contributed by atoms with Crippen molar-refractivity contribution in [1.29, 1.82) is 0 Å². The van der Waals surface area contributed by atoms with E-state index in [1.807, 2.05) is 0 Å². The summed E-state index contributed by atoms with van der Waals surface area (Å²) in [6, 6.07) is 5.08. The first-order valence-corrected chi connectivity index (χ1v) is 6.21. The first kappa shape index (κ1) is 14.6.